The highest BCUT2D eigenvalue weighted by atomic mass is 16.3. The maximum absolute atomic E-state index is 9.99. The zero-order chi connectivity index (χ0) is 4.99. The summed E-state index contributed by atoms with van der Waals surface area (Å²) in [4.78, 5) is 0. The Bertz CT molecular complexity index is 51.0. The van der Waals surface area contributed by atoms with E-state index in [1.54, 1.807) is 13.0 Å². The van der Waals surface area contributed by atoms with Crippen molar-refractivity contribution in [2.24, 2.45) is 0 Å². The molecule has 6 heavy (non-hydrogen) atoms. The number of hydrogen-bond acceptors (Lipinski definition) is 0. The van der Waals surface area contributed by atoms with Gasteiger partial charge in [-0.25, -0.2) is 0 Å². The fourth-order valence-corrected chi connectivity index (χ4v) is 0.287. The third-order valence-corrected chi connectivity index (χ3v) is 0.492. The molecule has 0 N–H and O–H groups in total. The van der Waals surface area contributed by atoms with Crippen LogP contribution >= 0.6 is 0 Å². The van der Waals surface area contributed by atoms with Gasteiger partial charge in [-0.2, -0.15) is 0 Å². The second-order valence-electron chi connectivity index (χ2n) is 1.22. The first-order chi connectivity index (χ1) is 2.77. The lowest BCUT2D eigenvalue weighted by Gasteiger charge is -1.74. The molecule has 35 valence electrons. The van der Waals surface area contributed by atoms with Gasteiger partial charge in [0.25, 0.3) is 0 Å². The molecule has 0 unspecified atom stereocenters. The van der Waals surface area contributed by atoms with Crippen molar-refractivity contribution in [2.75, 3.05) is 0 Å². The fraction of sp³-hybridized carbons (Fsp3) is 0.600. The largest absolute Gasteiger partial charge is 0.296 e. The van der Waals surface area contributed by atoms with Crippen LogP contribution in [0.1, 0.15) is 20.3 Å². The van der Waals surface area contributed by atoms with Crippen molar-refractivity contribution in [3.05, 3.63) is 11.8 Å². The molecule has 0 heterocycles. The Morgan fingerprint density at radius 1 is 1.83 bits per heavy atom. The van der Waals surface area contributed by atoms with Crippen molar-refractivity contribution in [1.29, 1.82) is 0 Å². The minimum atomic E-state index is 0.164. The molecular weight excluding hydrogens is 76.1 g/mol. The van der Waals surface area contributed by atoms with Crippen molar-refractivity contribution >= 4 is 0 Å². The average Bonchev–Trinajstić information content (AvgIpc) is 1.35. The molecule has 0 aromatic heterocycles. The Balaban J connectivity index is 3.14. The Labute approximate surface area is 38.3 Å². The molecule has 0 aliphatic carbocycles. The maximum atomic E-state index is 9.99. The monoisotopic (exact) mass is 85.1 g/mol. The van der Waals surface area contributed by atoms with E-state index >= 15 is 0 Å². The van der Waals surface area contributed by atoms with Gasteiger partial charge in [0.2, 0.25) is 0 Å². The summed E-state index contributed by atoms with van der Waals surface area (Å²) in [5.74, 6) is 0.164. The normalized spacial score (nSPS) is 12.0. The van der Waals surface area contributed by atoms with Crippen molar-refractivity contribution < 1.29 is 5.11 Å². The number of rotatable bonds is 1. The van der Waals surface area contributed by atoms with Crippen LogP contribution in [0.25, 0.3) is 0 Å². The first-order valence-electron chi connectivity index (χ1n) is 2.11. The number of allylic oxidation sites excluding steroid dienone is 2. The van der Waals surface area contributed by atoms with E-state index in [0.717, 1.165) is 6.42 Å². The van der Waals surface area contributed by atoms with E-state index in [1.165, 1.54) is 0 Å². The summed E-state index contributed by atoms with van der Waals surface area (Å²) in [6.45, 7) is 3.50. The molecule has 1 radical (unpaired) electrons. The topological polar surface area (TPSA) is 19.9 Å². The van der Waals surface area contributed by atoms with Crippen molar-refractivity contribution in [2.45, 2.75) is 20.3 Å². The zero-order valence-corrected chi connectivity index (χ0v) is 4.19. The highest BCUT2D eigenvalue weighted by molar-refractivity contribution is 4.83. The van der Waals surface area contributed by atoms with Crippen LogP contribution in [0.3, 0.4) is 0 Å². The van der Waals surface area contributed by atoms with Crippen LogP contribution in [0.15, 0.2) is 11.8 Å². The molecule has 0 amide bonds. The molecule has 0 aromatic carbocycles. The quantitative estimate of drug-likeness (QED) is 0.432. The summed E-state index contributed by atoms with van der Waals surface area (Å²) in [6, 6.07) is 0. The van der Waals surface area contributed by atoms with Gasteiger partial charge in [-0.1, -0.05) is 6.92 Å². The summed E-state index contributed by atoms with van der Waals surface area (Å²) in [5, 5.41) is 9.99. The fourth-order valence-electron chi connectivity index (χ4n) is 0.287. The molecule has 0 aromatic rings. The van der Waals surface area contributed by atoms with Gasteiger partial charge >= 0.3 is 0 Å². The van der Waals surface area contributed by atoms with E-state index in [1.807, 2.05) is 6.92 Å². The molecule has 0 fully saturated rings. The predicted molar refractivity (Wildman–Crippen MR) is 24.7 cm³/mol. The van der Waals surface area contributed by atoms with Gasteiger partial charge in [0.05, 0.1) is 0 Å². The highest BCUT2D eigenvalue weighted by Gasteiger charge is 1.74. The lowest BCUT2D eigenvalue weighted by atomic mass is 10.4. The molecule has 0 atom stereocenters. The molecule has 1 nitrogen and oxygen atoms in total. The minimum absolute atomic E-state index is 0.164. The van der Waals surface area contributed by atoms with E-state index < -0.39 is 0 Å². The molecule has 0 saturated heterocycles. The number of hydrogen-bond donors (Lipinski definition) is 0. The van der Waals surface area contributed by atoms with Crippen molar-refractivity contribution in [3.8, 4) is 0 Å². The Kier molecular flexibility index (Phi) is 2.55. The molecule has 0 aliphatic rings. The molecule has 0 rings (SSSR count). The van der Waals surface area contributed by atoms with E-state index in [9.17, 15) is 5.11 Å². The van der Waals surface area contributed by atoms with E-state index in [4.69, 9.17) is 0 Å². The van der Waals surface area contributed by atoms with E-state index in [0.29, 0.717) is 0 Å². The summed E-state index contributed by atoms with van der Waals surface area (Å²) < 4.78 is 0. The summed E-state index contributed by atoms with van der Waals surface area (Å²) in [7, 11) is 0. The maximum Gasteiger partial charge on any atom is 0.148 e. The summed E-state index contributed by atoms with van der Waals surface area (Å²) in [6.07, 6.45) is 2.51. The summed E-state index contributed by atoms with van der Waals surface area (Å²) >= 11 is 0. The second kappa shape index (κ2) is 2.76. The van der Waals surface area contributed by atoms with Gasteiger partial charge in [0, 0.05) is 0 Å². The molecule has 0 aliphatic heterocycles. The standard InChI is InChI=1S/C5H9O/c1-3-4-5(2)6/h4H,3H2,1-2H3/b5-4+. The minimum Gasteiger partial charge on any atom is -0.296 e. The van der Waals surface area contributed by atoms with Crippen LogP contribution in [0.5, 0.6) is 0 Å². The van der Waals surface area contributed by atoms with Gasteiger partial charge in [-0.15, -0.1) is 0 Å². The van der Waals surface area contributed by atoms with Crippen LogP contribution < -0.4 is 0 Å². The second-order valence-corrected chi connectivity index (χ2v) is 1.22. The smallest absolute Gasteiger partial charge is 0.148 e. The Morgan fingerprint density at radius 3 is 2.33 bits per heavy atom. The SMILES string of the molecule is CC/C=C(\C)[O]. The van der Waals surface area contributed by atoms with E-state index in [2.05, 4.69) is 0 Å². The molecule has 0 bridgehead atoms. The first-order valence-corrected chi connectivity index (χ1v) is 2.11. The summed E-state index contributed by atoms with van der Waals surface area (Å²) in [5.41, 5.74) is 0. The molecule has 0 saturated carbocycles. The van der Waals surface area contributed by atoms with Crippen LogP contribution in [-0.2, 0) is 5.11 Å². The molecule has 0 spiro atoms. The van der Waals surface area contributed by atoms with Crippen LogP contribution in [-0.4, -0.2) is 0 Å². The van der Waals surface area contributed by atoms with Crippen LogP contribution in [0.2, 0.25) is 0 Å². The van der Waals surface area contributed by atoms with Crippen LogP contribution in [0, 0.1) is 0 Å². The lowest BCUT2D eigenvalue weighted by molar-refractivity contribution is 0.298. The average molecular weight is 85.1 g/mol. The lowest BCUT2D eigenvalue weighted by Crippen LogP contribution is -1.62. The first kappa shape index (κ1) is 5.54. The van der Waals surface area contributed by atoms with Gasteiger partial charge in [0.15, 0.2) is 0 Å². The van der Waals surface area contributed by atoms with Gasteiger partial charge in [-0.3, -0.25) is 5.11 Å². The third-order valence-electron chi connectivity index (χ3n) is 0.492. The van der Waals surface area contributed by atoms with Crippen molar-refractivity contribution in [3.63, 3.8) is 0 Å². The molecule has 1 heteroatoms. The highest BCUT2D eigenvalue weighted by Crippen LogP contribution is 1.86. The Morgan fingerprint density at radius 2 is 2.33 bits per heavy atom. The Hall–Kier alpha value is -0.460. The zero-order valence-electron chi connectivity index (χ0n) is 4.19. The van der Waals surface area contributed by atoms with Crippen LogP contribution in [0.4, 0.5) is 0 Å². The molecular formula is C5H9O. The van der Waals surface area contributed by atoms with E-state index in [-0.39, 0.29) is 5.76 Å². The van der Waals surface area contributed by atoms with Crippen molar-refractivity contribution in [1.82, 2.24) is 0 Å². The van der Waals surface area contributed by atoms with Gasteiger partial charge < -0.3 is 0 Å². The van der Waals surface area contributed by atoms with Gasteiger partial charge in [-0.05, 0) is 19.4 Å². The predicted octanol–water partition coefficient (Wildman–Crippen LogP) is 1.73. The third kappa shape index (κ3) is 3.54. The van der Waals surface area contributed by atoms with Gasteiger partial charge in [0.1, 0.15) is 5.76 Å².